The van der Waals surface area contributed by atoms with Crippen LogP contribution >= 0.6 is 0 Å². The molecule has 0 saturated heterocycles. The first kappa shape index (κ1) is 21.0. The Labute approximate surface area is 133 Å². The van der Waals surface area contributed by atoms with Gasteiger partial charge in [-0.05, 0) is 6.92 Å². The number of carbonyl (C=O) groups is 4. The maximum Gasteiger partial charge on any atom is 0.317 e. The van der Waals surface area contributed by atoms with Crippen LogP contribution in [0.3, 0.4) is 0 Å². The van der Waals surface area contributed by atoms with Crippen LogP contribution in [-0.2, 0) is 19.2 Å². The van der Waals surface area contributed by atoms with E-state index in [0.29, 0.717) is 19.6 Å². The second kappa shape index (κ2) is 11.5. The van der Waals surface area contributed by atoms with Gasteiger partial charge in [0, 0.05) is 26.2 Å². The fourth-order valence-electron chi connectivity index (χ4n) is 1.90. The minimum absolute atomic E-state index is 0.0914. The molecule has 0 heterocycles. The number of aliphatic carboxylic acids is 3. The third kappa shape index (κ3) is 13.4. The fourth-order valence-corrected chi connectivity index (χ4v) is 1.90. The predicted molar refractivity (Wildman–Crippen MR) is 79.3 cm³/mol. The quantitative estimate of drug-likeness (QED) is 0.264. The van der Waals surface area contributed by atoms with Crippen molar-refractivity contribution in [3.63, 3.8) is 0 Å². The molecule has 10 nitrogen and oxygen atoms in total. The third-order valence-corrected chi connectivity index (χ3v) is 2.78. The molecule has 0 atom stereocenters. The van der Waals surface area contributed by atoms with Crippen molar-refractivity contribution in [1.29, 1.82) is 0 Å². The molecule has 0 aliphatic rings. The molecular formula is C13H23N3O7. The standard InChI is InChI=1S/C13H23N3O7/c1-10(17)7-15(3-2-14-6-11(18)19)4-5-16(8-12(20)21)9-13(22)23/h14H,2-9H2,1H3,(H,18,19)(H,20,21)(H,22,23). The monoisotopic (exact) mass is 333 g/mol. The van der Waals surface area contributed by atoms with Crippen LogP contribution in [0.2, 0.25) is 0 Å². The van der Waals surface area contributed by atoms with E-state index in [0.717, 1.165) is 0 Å². The van der Waals surface area contributed by atoms with Crippen LogP contribution in [0.5, 0.6) is 0 Å². The molecule has 0 radical (unpaired) electrons. The summed E-state index contributed by atoms with van der Waals surface area (Å²) in [6.07, 6.45) is 0. The second-order valence-corrected chi connectivity index (χ2v) is 5.05. The summed E-state index contributed by atoms with van der Waals surface area (Å²) in [7, 11) is 0. The number of hydrogen-bond acceptors (Lipinski definition) is 7. The lowest BCUT2D eigenvalue weighted by Crippen LogP contribution is -2.43. The number of hydrogen-bond donors (Lipinski definition) is 4. The van der Waals surface area contributed by atoms with Crippen LogP contribution in [0.25, 0.3) is 0 Å². The predicted octanol–water partition coefficient (Wildman–Crippen LogP) is -1.98. The smallest absolute Gasteiger partial charge is 0.317 e. The van der Waals surface area contributed by atoms with E-state index in [2.05, 4.69) is 5.32 Å². The van der Waals surface area contributed by atoms with E-state index in [-0.39, 0.29) is 25.4 Å². The molecule has 0 aliphatic carbocycles. The summed E-state index contributed by atoms with van der Waals surface area (Å²) in [5.41, 5.74) is 0. The number of carboxylic acid groups (broad SMARTS) is 3. The summed E-state index contributed by atoms with van der Waals surface area (Å²) >= 11 is 0. The minimum Gasteiger partial charge on any atom is -0.480 e. The molecule has 0 unspecified atom stereocenters. The Balaban J connectivity index is 4.41. The van der Waals surface area contributed by atoms with Crippen LogP contribution < -0.4 is 5.32 Å². The maximum absolute atomic E-state index is 11.2. The van der Waals surface area contributed by atoms with E-state index in [9.17, 15) is 19.2 Å². The first-order valence-corrected chi connectivity index (χ1v) is 7.01. The summed E-state index contributed by atoms with van der Waals surface area (Å²) in [6, 6.07) is 0. The number of carbonyl (C=O) groups excluding carboxylic acids is 1. The Morgan fingerprint density at radius 2 is 1.30 bits per heavy atom. The van der Waals surface area contributed by atoms with Crippen LogP contribution in [0.4, 0.5) is 0 Å². The van der Waals surface area contributed by atoms with Gasteiger partial charge in [0.25, 0.3) is 0 Å². The summed E-state index contributed by atoms with van der Waals surface area (Å²) < 4.78 is 0. The zero-order chi connectivity index (χ0) is 17.8. The molecule has 0 rings (SSSR count). The Morgan fingerprint density at radius 3 is 1.74 bits per heavy atom. The molecule has 132 valence electrons. The van der Waals surface area contributed by atoms with Gasteiger partial charge < -0.3 is 20.6 Å². The summed E-state index contributed by atoms with van der Waals surface area (Å²) in [4.78, 5) is 46.0. The largest absolute Gasteiger partial charge is 0.480 e. The van der Waals surface area contributed by atoms with E-state index in [4.69, 9.17) is 15.3 Å². The van der Waals surface area contributed by atoms with Gasteiger partial charge in [-0.15, -0.1) is 0 Å². The molecule has 10 heteroatoms. The Bertz CT molecular complexity index is 412. The highest BCUT2D eigenvalue weighted by molar-refractivity contribution is 5.77. The summed E-state index contributed by atoms with van der Waals surface area (Å²) in [6.45, 7) is 1.73. The SMILES string of the molecule is CC(=O)CN(CCNCC(=O)O)CCN(CC(=O)O)CC(=O)O. The van der Waals surface area contributed by atoms with Crippen LogP contribution in [0.15, 0.2) is 0 Å². The molecule has 0 spiro atoms. The molecular weight excluding hydrogens is 310 g/mol. The first-order valence-electron chi connectivity index (χ1n) is 7.01. The van der Waals surface area contributed by atoms with Crippen molar-refractivity contribution < 1.29 is 34.5 Å². The van der Waals surface area contributed by atoms with E-state index in [1.54, 1.807) is 4.90 Å². The second-order valence-electron chi connectivity index (χ2n) is 5.05. The Hall–Kier alpha value is -2.04. The molecule has 23 heavy (non-hydrogen) atoms. The molecule has 0 aliphatic heterocycles. The lowest BCUT2D eigenvalue weighted by molar-refractivity contribution is -0.142. The van der Waals surface area contributed by atoms with Gasteiger partial charge in [-0.1, -0.05) is 0 Å². The molecule has 0 amide bonds. The van der Waals surface area contributed by atoms with E-state index < -0.39 is 31.0 Å². The number of nitrogens with zero attached hydrogens (tertiary/aromatic N) is 2. The molecule has 0 saturated carbocycles. The number of rotatable bonds is 14. The Kier molecular flexibility index (Phi) is 10.5. The normalized spacial score (nSPS) is 10.9. The molecule has 0 aromatic rings. The van der Waals surface area contributed by atoms with Crippen molar-refractivity contribution >= 4 is 23.7 Å². The average Bonchev–Trinajstić information content (AvgIpc) is 2.38. The van der Waals surface area contributed by atoms with Crippen molar-refractivity contribution in [2.75, 3.05) is 52.4 Å². The van der Waals surface area contributed by atoms with Gasteiger partial charge in [-0.25, -0.2) is 0 Å². The molecule has 0 fully saturated rings. The lowest BCUT2D eigenvalue weighted by atomic mass is 10.3. The minimum atomic E-state index is -1.13. The summed E-state index contributed by atoms with van der Waals surface area (Å²) in [5, 5.41) is 28.7. The number of nitrogens with one attached hydrogen (secondary N) is 1. The molecule has 0 aromatic carbocycles. The van der Waals surface area contributed by atoms with Crippen molar-refractivity contribution in [2.24, 2.45) is 0 Å². The molecule has 4 N–H and O–H groups in total. The van der Waals surface area contributed by atoms with E-state index in [1.165, 1.54) is 11.8 Å². The zero-order valence-electron chi connectivity index (χ0n) is 13.0. The number of ketones is 1. The first-order chi connectivity index (χ1) is 10.7. The van der Waals surface area contributed by atoms with Gasteiger partial charge in [0.2, 0.25) is 0 Å². The van der Waals surface area contributed by atoms with Gasteiger partial charge in [-0.3, -0.25) is 29.0 Å². The van der Waals surface area contributed by atoms with Gasteiger partial charge in [0.15, 0.2) is 0 Å². The van der Waals surface area contributed by atoms with Gasteiger partial charge in [-0.2, -0.15) is 0 Å². The lowest BCUT2D eigenvalue weighted by Gasteiger charge is -2.25. The Morgan fingerprint density at radius 1 is 0.783 bits per heavy atom. The van der Waals surface area contributed by atoms with Crippen molar-refractivity contribution in [3.8, 4) is 0 Å². The van der Waals surface area contributed by atoms with Crippen LogP contribution in [-0.4, -0.2) is 101 Å². The van der Waals surface area contributed by atoms with Crippen molar-refractivity contribution in [1.82, 2.24) is 15.1 Å². The number of Topliss-reactive ketones (excluding diaryl/α,β-unsaturated/α-hetero) is 1. The van der Waals surface area contributed by atoms with E-state index >= 15 is 0 Å². The maximum atomic E-state index is 11.2. The average molecular weight is 333 g/mol. The molecule has 0 aromatic heterocycles. The van der Waals surface area contributed by atoms with Gasteiger partial charge >= 0.3 is 17.9 Å². The summed E-state index contributed by atoms with van der Waals surface area (Å²) in [5.74, 6) is -3.34. The fraction of sp³-hybridized carbons (Fsp3) is 0.692. The van der Waals surface area contributed by atoms with Crippen LogP contribution in [0.1, 0.15) is 6.92 Å². The molecule has 0 bridgehead atoms. The highest BCUT2D eigenvalue weighted by atomic mass is 16.4. The van der Waals surface area contributed by atoms with Crippen LogP contribution in [0, 0.1) is 0 Å². The van der Waals surface area contributed by atoms with Gasteiger partial charge in [0.05, 0.1) is 26.2 Å². The van der Waals surface area contributed by atoms with Crippen molar-refractivity contribution in [2.45, 2.75) is 6.92 Å². The number of carboxylic acids is 3. The topological polar surface area (TPSA) is 147 Å². The zero-order valence-corrected chi connectivity index (χ0v) is 13.0. The van der Waals surface area contributed by atoms with Crippen molar-refractivity contribution in [3.05, 3.63) is 0 Å². The highest BCUT2D eigenvalue weighted by Crippen LogP contribution is 1.94. The van der Waals surface area contributed by atoms with Gasteiger partial charge in [0.1, 0.15) is 5.78 Å². The highest BCUT2D eigenvalue weighted by Gasteiger charge is 2.15. The van der Waals surface area contributed by atoms with E-state index in [1.807, 2.05) is 0 Å². The third-order valence-electron chi connectivity index (χ3n) is 2.78.